The number of aliphatic hydroxyl groups is 2. The molecule has 0 aromatic heterocycles. The Morgan fingerprint density at radius 2 is 1.55 bits per heavy atom. The lowest BCUT2D eigenvalue weighted by atomic mass is 9.36. The molecule has 4 saturated carbocycles. The standard InChI is InChI=1S/C29H46O4/c1-25(2)13-15-29(24(32)33)16-14-28(6)20(22(29)23(25)31)9-8-19-17-7-10-21(30)26(3,4)18(17)11-12-27(19,28)5/h9,17-19,21-23,30-31H,7-8,10-16H2,1-6H3,(H,32,33)/t17-,18+,19+,21-,22-,23-,27+,28+,29-/m0/s1. The average Bonchev–Trinajstić information content (AvgIpc) is 2.73. The van der Waals surface area contributed by atoms with Crippen LogP contribution < -0.4 is 0 Å². The molecule has 0 unspecified atom stereocenters. The van der Waals surface area contributed by atoms with E-state index < -0.39 is 17.5 Å². The average molecular weight is 459 g/mol. The van der Waals surface area contributed by atoms with E-state index in [1.54, 1.807) is 0 Å². The number of aliphatic hydroxyl groups excluding tert-OH is 2. The van der Waals surface area contributed by atoms with Crippen LogP contribution in [-0.2, 0) is 4.79 Å². The van der Waals surface area contributed by atoms with Crippen molar-refractivity contribution < 1.29 is 20.1 Å². The van der Waals surface area contributed by atoms with E-state index in [0.29, 0.717) is 30.6 Å². The number of allylic oxidation sites excluding steroid dienone is 1. The summed E-state index contributed by atoms with van der Waals surface area (Å²) in [6.07, 6.45) is 9.87. The van der Waals surface area contributed by atoms with Crippen molar-refractivity contribution >= 4 is 5.97 Å². The number of hydrogen-bond acceptors (Lipinski definition) is 3. The van der Waals surface area contributed by atoms with Crippen molar-refractivity contribution in [1.82, 2.24) is 0 Å². The summed E-state index contributed by atoms with van der Waals surface area (Å²) in [5.74, 6) is 0.763. The summed E-state index contributed by atoms with van der Waals surface area (Å²) >= 11 is 0. The number of carboxylic acid groups (broad SMARTS) is 1. The summed E-state index contributed by atoms with van der Waals surface area (Å²) < 4.78 is 0. The third-order valence-electron chi connectivity index (χ3n) is 12.7. The number of carbonyl (C=O) groups is 1. The summed E-state index contributed by atoms with van der Waals surface area (Å²) in [7, 11) is 0. The highest BCUT2D eigenvalue weighted by molar-refractivity contribution is 5.77. The molecule has 5 rings (SSSR count). The van der Waals surface area contributed by atoms with Gasteiger partial charge in [0.15, 0.2) is 0 Å². The van der Waals surface area contributed by atoms with Crippen molar-refractivity contribution in [1.29, 1.82) is 0 Å². The topological polar surface area (TPSA) is 77.8 Å². The van der Waals surface area contributed by atoms with E-state index in [4.69, 9.17) is 0 Å². The lowest BCUT2D eigenvalue weighted by Crippen LogP contribution is -2.64. The lowest BCUT2D eigenvalue weighted by molar-refractivity contribution is -0.190. The molecule has 0 aromatic carbocycles. The zero-order valence-corrected chi connectivity index (χ0v) is 21.7. The molecule has 0 amide bonds. The van der Waals surface area contributed by atoms with E-state index >= 15 is 0 Å². The predicted molar refractivity (Wildman–Crippen MR) is 129 cm³/mol. The van der Waals surface area contributed by atoms with Crippen molar-refractivity contribution in [3.63, 3.8) is 0 Å². The molecule has 33 heavy (non-hydrogen) atoms. The SMILES string of the molecule is CC1(C)CC[C@]2(C(=O)O)CC[C@]3(C)C(=CC[C@@H]4[C@H]5CC[C@H](O)C(C)(C)[C@@H]5CC[C@]43C)[C@H]2[C@@H]1O. The molecule has 9 atom stereocenters. The zero-order valence-electron chi connectivity index (χ0n) is 21.7. The molecule has 0 bridgehead atoms. The van der Waals surface area contributed by atoms with Crippen LogP contribution in [0.5, 0.6) is 0 Å². The third kappa shape index (κ3) is 2.86. The van der Waals surface area contributed by atoms with E-state index in [1.165, 1.54) is 5.57 Å². The Morgan fingerprint density at radius 3 is 2.21 bits per heavy atom. The second kappa shape index (κ2) is 7.09. The maximum Gasteiger partial charge on any atom is 0.310 e. The van der Waals surface area contributed by atoms with Crippen LogP contribution in [0.4, 0.5) is 0 Å². The molecule has 4 nitrogen and oxygen atoms in total. The van der Waals surface area contributed by atoms with E-state index in [2.05, 4.69) is 47.6 Å². The van der Waals surface area contributed by atoms with Crippen molar-refractivity contribution in [3.8, 4) is 0 Å². The van der Waals surface area contributed by atoms with E-state index in [-0.39, 0.29) is 33.7 Å². The van der Waals surface area contributed by atoms with Crippen LogP contribution in [0.1, 0.15) is 99.3 Å². The monoisotopic (exact) mass is 458 g/mol. The number of aliphatic carboxylic acids is 1. The van der Waals surface area contributed by atoms with Crippen molar-refractivity contribution in [2.45, 2.75) is 112 Å². The van der Waals surface area contributed by atoms with E-state index in [9.17, 15) is 20.1 Å². The summed E-state index contributed by atoms with van der Waals surface area (Å²) in [6, 6.07) is 0. The van der Waals surface area contributed by atoms with Gasteiger partial charge in [-0.2, -0.15) is 0 Å². The normalized spacial score (nSPS) is 52.4. The maximum atomic E-state index is 12.7. The van der Waals surface area contributed by atoms with Gasteiger partial charge in [0.05, 0.1) is 17.6 Å². The Bertz CT molecular complexity index is 873. The fourth-order valence-corrected chi connectivity index (χ4v) is 9.90. The molecule has 186 valence electrons. The Hall–Kier alpha value is -0.870. The van der Waals surface area contributed by atoms with Gasteiger partial charge in [-0.3, -0.25) is 4.79 Å². The highest BCUT2D eigenvalue weighted by Gasteiger charge is 2.68. The van der Waals surface area contributed by atoms with Gasteiger partial charge in [-0.15, -0.1) is 0 Å². The molecule has 0 heterocycles. The molecule has 5 aliphatic rings. The Kier molecular flexibility index (Phi) is 5.13. The largest absolute Gasteiger partial charge is 0.481 e. The Morgan fingerprint density at radius 1 is 0.879 bits per heavy atom. The zero-order chi connectivity index (χ0) is 24.2. The van der Waals surface area contributed by atoms with E-state index in [0.717, 1.165) is 44.9 Å². The first-order valence-corrected chi connectivity index (χ1v) is 13.5. The highest BCUT2D eigenvalue weighted by atomic mass is 16.4. The molecule has 0 radical (unpaired) electrons. The van der Waals surface area contributed by atoms with Crippen LogP contribution in [0.3, 0.4) is 0 Å². The van der Waals surface area contributed by atoms with Crippen LogP contribution in [0.15, 0.2) is 11.6 Å². The fourth-order valence-electron chi connectivity index (χ4n) is 9.90. The number of fused-ring (bicyclic) bond motifs is 7. The summed E-state index contributed by atoms with van der Waals surface area (Å²) in [5.41, 5.74) is 0.189. The second-order valence-electron chi connectivity index (χ2n) is 14.3. The lowest BCUT2D eigenvalue weighted by Gasteiger charge is -2.68. The van der Waals surface area contributed by atoms with Gasteiger partial charge in [0, 0.05) is 5.92 Å². The van der Waals surface area contributed by atoms with Crippen LogP contribution in [0.2, 0.25) is 0 Å². The van der Waals surface area contributed by atoms with Gasteiger partial charge in [-0.05, 0) is 97.2 Å². The minimum absolute atomic E-state index is 0.0379. The molecule has 0 spiro atoms. The molecule has 4 fully saturated rings. The molecule has 0 aromatic rings. The molecular weight excluding hydrogens is 412 g/mol. The van der Waals surface area contributed by atoms with Gasteiger partial charge < -0.3 is 15.3 Å². The minimum atomic E-state index is -0.822. The maximum absolute atomic E-state index is 12.7. The van der Waals surface area contributed by atoms with Gasteiger partial charge in [0.1, 0.15) is 0 Å². The first-order valence-electron chi connectivity index (χ1n) is 13.5. The summed E-state index contributed by atoms with van der Waals surface area (Å²) in [6.45, 7) is 13.7. The second-order valence-corrected chi connectivity index (χ2v) is 14.3. The highest BCUT2D eigenvalue weighted by Crippen LogP contribution is 2.73. The van der Waals surface area contributed by atoms with Crippen molar-refractivity contribution in [2.75, 3.05) is 0 Å². The molecule has 0 aliphatic heterocycles. The van der Waals surface area contributed by atoms with Gasteiger partial charge in [-0.25, -0.2) is 0 Å². The molecule has 0 saturated heterocycles. The Balaban J connectivity index is 1.59. The number of rotatable bonds is 1. The van der Waals surface area contributed by atoms with Gasteiger partial charge in [-0.1, -0.05) is 53.2 Å². The van der Waals surface area contributed by atoms with Crippen LogP contribution >= 0.6 is 0 Å². The first-order chi connectivity index (χ1) is 15.2. The quantitative estimate of drug-likeness (QED) is 0.433. The third-order valence-corrected chi connectivity index (χ3v) is 12.7. The molecule has 3 N–H and O–H groups in total. The number of hydrogen-bond donors (Lipinski definition) is 3. The smallest absolute Gasteiger partial charge is 0.310 e. The van der Waals surface area contributed by atoms with Crippen molar-refractivity contribution in [3.05, 3.63) is 11.6 Å². The van der Waals surface area contributed by atoms with Gasteiger partial charge >= 0.3 is 5.97 Å². The Labute approximate surface area is 200 Å². The van der Waals surface area contributed by atoms with E-state index in [1.807, 2.05) is 0 Å². The van der Waals surface area contributed by atoms with Gasteiger partial charge in [0.2, 0.25) is 0 Å². The minimum Gasteiger partial charge on any atom is -0.481 e. The molecule has 5 aliphatic carbocycles. The predicted octanol–water partition coefficient (Wildman–Crippen LogP) is 5.81. The molecular formula is C29H46O4. The van der Waals surface area contributed by atoms with Gasteiger partial charge in [0.25, 0.3) is 0 Å². The molecule has 4 heteroatoms. The number of carboxylic acids is 1. The summed E-state index contributed by atoms with van der Waals surface area (Å²) in [4.78, 5) is 12.7. The summed E-state index contributed by atoms with van der Waals surface area (Å²) in [5, 5.41) is 32.9. The van der Waals surface area contributed by atoms with Crippen molar-refractivity contribution in [2.24, 2.45) is 50.7 Å². The van der Waals surface area contributed by atoms with Crippen LogP contribution in [-0.4, -0.2) is 33.5 Å². The van der Waals surface area contributed by atoms with Crippen LogP contribution in [0, 0.1) is 50.7 Å². The fraction of sp³-hybridized carbons (Fsp3) is 0.897. The van der Waals surface area contributed by atoms with Crippen LogP contribution in [0.25, 0.3) is 0 Å². The first kappa shape index (κ1) is 23.9.